The van der Waals surface area contributed by atoms with Crippen LogP contribution in [-0.4, -0.2) is 75.7 Å². The molecule has 2 atom stereocenters. The zero-order chi connectivity index (χ0) is 17.3. The van der Waals surface area contributed by atoms with Crippen LogP contribution in [0.3, 0.4) is 0 Å². The summed E-state index contributed by atoms with van der Waals surface area (Å²) < 4.78 is 57.1. The van der Waals surface area contributed by atoms with Gasteiger partial charge in [0.15, 0.2) is 0 Å². The highest BCUT2D eigenvalue weighted by Crippen LogP contribution is 2.24. The largest absolute Gasteiger partial charge is 0.486 e. The molecule has 0 unspecified atom stereocenters. The fraction of sp³-hybridized carbons (Fsp3) is 0.600. The first-order valence-corrected chi connectivity index (χ1v) is 9.09. The first kappa shape index (κ1) is 17.6. The van der Waals surface area contributed by atoms with Gasteiger partial charge < -0.3 is 14.2 Å². The molecule has 2 aliphatic rings. The molecule has 134 valence electrons. The molecule has 7 nitrogen and oxygen atoms in total. The van der Waals surface area contributed by atoms with Crippen LogP contribution in [0, 0.1) is 5.82 Å². The summed E-state index contributed by atoms with van der Waals surface area (Å²) in [6.45, 7) is 1.09. The highest BCUT2D eigenvalue weighted by molar-refractivity contribution is 7.86. The third kappa shape index (κ3) is 3.70. The Bertz CT molecular complexity index is 651. The van der Waals surface area contributed by atoms with Gasteiger partial charge in [0.1, 0.15) is 17.7 Å². The first-order chi connectivity index (χ1) is 11.4. The smallest absolute Gasteiger partial charge is 0.281 e. The van der Waals surface area contributed by atoms with Crippen molar-refractivity contribution in [2.75, 3.05) is 40.4 Å². The van der Waals surface area contributed by atoms with Gasteiger partial charge in [-0.05, 0) is 24.3 Å². The number of hydrogen-bond donors (Lipinski definition) is 0. The molecule has 0 N–H and O–H groups in total. The normalized spacial score (nSPS) is 26.3. The van der Waals surface area contributed by atoms with Gasteiger partial charge in [-0.15, -0.1) is 0 Å². The van der Waals surface area contributed by atoms with Crippen molar-refractivity contribution in [1.29, 1.82) is 0 Å². The Hall–Kier alpha value is -1.26. The molecule has 0 aromatic heterocycles. The van der Waals surface area contributed by atoms with E-state index in [2.05, 4.69) is 0 Å². The van der Waals surface area contributed by atoms with E-state index < -0.39 is 10.2 Å². The fourth-order valence-electron chi connectivity index (χ4n) is 2.73. The number of hydrogen-bond acceptors (Lipinski definition) is 5. The van der Waals surface area contributed by atoms with Gasteiger partial charge in [-0.3, -0.25) is 0 Å². The van der Waals surface area contributed by atoms with Gasteiger partial charge in [0, 0.05) is 27.2 Å². The van der Waals surface area contributed by atoms with Crippen LogP contribution in [0.4, 0.5) is 4.39 Å². The van der Waals surface area contributed by atoms with E-state index in [0.29, 0.717) is 5.75 Å². The Kier molecular flexibility index (Phi) is 5.07. The van der Waals surface area contributed by atoms with Crippen LogP contribution >= 0.6 is 0 Å². The molecule has 0 radical (unpaired) electrons. The van der Waals surface area contributed by atoms with E-state index in [4.69, 9.17) is 14.2 Å². The average molecular weight is 360 g/mol. The highest BCUT2D eigenvalue weighted by Gasteiger charge is 2.43. The minimum Gasteiger partial charge on any atom is -0.486 e. The predicted octanol–water partition coefficient (Wildman–Crippen LogP) is 0.479. The maximum atomic E-state index is 12.9. The van der Waals surface area contributed by atoms with Crippen molar-refractivity contribution in [3.8, 4) is 5.75 Å². The van der Waals surface area contributed by atoms with E-state index in [0.717, 1.165) is 0 Å². The minimum absolute atomic E-state index is 0.258. The summed E-state index contributed by atoms with van der Waals surface area (Å²) in [5.74, 6) is 0.213. The molecular weight excluding hydrogens is 339 g/mol. The quantitative estimate of drug-likeness (QED) is 0.781. The van der Waals surface area contributed by atoms with Gasteiger partial charge in [-0.2, -0.15) is 17.0 Å². The summed E-state index contributed by atoms with van der Waals surface area (Å²) in [6.07, 6.45) is -0.956. The molecule has 2 aliphatic heterocycles. The first-order valence-electron chi connectivity index (χ1n) is 7.69. The van der Waals surface area contributed by atoms with Gasteiger partial charge in [0.25, 0.3) is 10.2 Å². The lowest BCUT2D eigenvalue weighted by Gasteiger charge is -2.22. The van der Waals surface area contributed by atoms with Crippen LogP contribution in [0.1, 0.15) is 0 Å². The maximum absolute atomic E-state index is 12.9. The van der Waals surface area contributed by atoms with E-state index in [1.165, 1.54) is 34.8 Å². The number of halogens is 1. The summed E-state index contributed by atoms with van der Waals surface area (Å²) in [5.41, 5.74) is 0. The van der Waals surface area contributed by atoms with Crippen LogP contribution in [0.2, 0.25) is 0 Å². The Morgan fingerprint density at radius 3 is 2.17 bits per heavy atom. The Morgan fingerprint density at radius 1 is 1.12 bits per heavy atom. The lowest BCUT2D eigenvalue weighted by atomic mass is 10.3. The molecule has 1 aromatic rings. The van der Waals surface area contributed by atoms with Crippen molar-refractivity contribution in [3.63, 3.8) is 0 Å². The van der Waals surface area contributed by atoms with Crippen LogP contribution in [0.5, 0.6) is 5.75 Å². The van der Waals surface area contributed by atoms with E-state index in [1.807, 2.05) is 0 Å². The summed E-state index contributed by atoms with van der Waals surface area (Å²) in [7, 11) is -0.477. The lowest BCUT2D eigenvalue weighted by Crippen LogP contribution is -2.40. The molecule has 9 heteroatoms. The van der Waals surface area contributed by atoms with E-state index in [-0.39, 0.29) is 50.4 Å². The molecule has 0 bridgehead atoms. The van der Waals surface area contributed by atoms with Crippen LogP contribution < -0.4 is 4.74 Å². The third-order valence-electron chi connectivity index (χ3n) is 4.08. The average Bonchev–Trinajstić information content (AvgIpc) is 2.87. The second-order valence-corrected chi connectivity index (χ2v) is 8.19. The molecule has 0 saturated carbocycles. The second-order valence-electron chi connectivity index (χ2n) is 6.04. The monoisotopic (exact) mass is 360 g/mol. The van der Waals surface area contributed by atoms with Gasteiger partial charge in [0.2, 0.25) is 0 Å². The van der Waals surface area contributed by atoms with Crippen molar-refractivity contribution in [2.45, 2.75) is 18.3 Å². The number of nitrogens with zero attached hydrogens (tertiary/aromatic N) is 2. The summed E-state index contributed by atoms with van der Waals surface area (Å²) in [4.78, 5) is 0. The van der Waals surface area contributed by atoms with Gasteiger partial charge in [-0.25, -0.2) is 4.39 Å². The summed E-state index contributed by atoms with van der Waals surface area (Å²) >= 11 is 0. The Labute approximate surface area is 141 Å². The Balaban J connectivity index is 1.58. The number of rotatable bonds is 4. The maximum Gasteiger partial charge on any atom is 0.281 e. The van der Waals surface area contributed by atoms with E-state index >= 15 is 0 Å². The molecule has 24 heavy (non-hydrogen) atoms. The SMILES string of the molecule is CN(C)S(=O)(=O)N1C[C@@H]2OCC(Oc3ccc(F)cc3)CO[C@H]2C1. The standard InChI is InChI=1S/C15H21FN2O5S/c1-17(2)24(19,20)18-7-14-15(8-18)22-10-13(9-21-14)23-12-5-3-11(16)4-6-12/h3-6,13-15H,7-10H2,1-2H3/t14-,15-/m0/s1. The Morgan fingerprint density at radius 2 is 1.67 bits per heavy atom. The zero-order valence-corrected chi connectivity index (χ0v) is 14.4. The van der Waals surface area contributed by atoms with E-state index in [1.54, 1.807) is 12.1 Å². The number of benzene rings is 1. The molecule has 1 aromatic carbocycles. The molecule has 0 aliphatic carbocycles. The van der Waals surface area contributed by atoms with Crippen molar-refractivity contribution >= 4 is 10.2 Å². The van der Waals surface area contributed by atoms with Crippen molar-refractivity contribution in [1.82, 2.24) is 8.61 Å². The summed E-state index contributed by atoms with van der Waals surface area (Å²) in [6, 6.07) is 5.75. The molecule has 0 amide bonds. The van der Waals surface area contributed by atoms with Crippen molar-refractivity contribution in [3.05, 3.63) is 30.1 Å². The van der Waals surface area contributed by atoms with Gasteiger partial charge in [-0.1, -0.05) is 0 Å². The number of ether oxygens (including phenoxy) is 3. The minimum atomic E-state index is -3.47. The molecule has 2 saturated heterocycles. The zero-order valence-electron chi connectivity index (χ0n) is 13.6. The molecule has 2 heterocycles. The highest BCUT2D eigenvalue weighted by atomic mass is 32.2. The molecule has 0 spiro atoms. The van der Waals surface area contributed by atoms with Crippen molar-refractivity contribution < 1.29 is 27.0 Å². The van der Waals surface area contributed by atoms with Gasteiger partial charge in [0.05, 0.1) is 25.4 Å². The van der Waals surface area contributed by atoms with Crippen LogP contribution in [-0.2, 0) is 19.7 Å². The second kappa shape index (κ2) is 6.93. The van der Waals surface area contributed by atoms with Crippen molar-refractivity contribution in [2.24, 2.45) is 0 Å². The van der Waals surface area contributed by atoms with E-state index in [9.17, 15) is 12.8 Å². The van der Waals surface area contributed by atoms with Crippen LogP contribution in [0.15, 0.2) is 24.3 Å². The topological polar surface area (TPSA) is 68.3 Å². The predicted molar refractivity (Wildman–Crippen MR) is 84.5 cm³/mol. The lowest BCUT2D eigenvalue weighted by molar-refractivity contribution is -0.00461. The fourth-order valence-corrected chi connectivity index (χ4v) is 3.87. The number of fused-ring (bicyclic) bond motifs is 1. The van der Waals surface area contributed by atoms with Crippen LogP contribution in [0.25, 0.3) is 0 Å². The summed E-state index contributed by atoms with van der Waals surface area (Å²) in [5, 5.41) is 0. The molecule has 2 fully saturated rings. The third-order valence-corrected chi connectivity index (χ3v) is 5.95. The molecule has 3 rings (SSSR count). The van der Waals surface area contributed by atoms with Gasteiger partial charge >= 0.3 is 0 Å². The molecular formula is C15H21FN2O5S.